The van der Waals surface area contributed by atoms with E-state index in [1.54, 1.807) is 25.4 Å². The maximum Gasteiger partial charge on any atom is 0.243 e. The molecule has 2 N–H and O–H groups in total. The lowest BCUT2D eigenvalue weighted by Gasteiger charge is -2.56. The Morgan fingerprint density at radius 3 is 2.45 bits per heavy atom. The summed E-state index contributed by atoms with van der Waals surface area (Å²) in [5, 5.41) is 5.59. The minimum absolute atomic E-state index is 0.00939. The zero-order chi connectivity index (χ0) is 20.3. The average molecular weight is 402 g/mol. The highest BCUT2D eigenvalue weighted by molar-refractivity contribution is 5.95. The Bertz CT molecular complexity index is 716. The molecule has 4 aliphatic rings. The molecule has 1 aromatic heterocycles. The molecule has 7 heteroatoms. The van der Waals surface area contributed by atoms with Crippen LogP contribution in [0.5, 0.6) is 5.88 Å². The molecule has 0 unspecified atom stereocenters. The molecule has 4 saturated carbocycles. The van der Waals surface area contributed by atoms with Gasteiger partial charge in [-0.15, -0.1) is 0 Å². The summed E-state index contributed by atoms with van der Waals surface area (Å²) >= 11 is 0. The number of nitrogens with one attached hydrogen (secondary N) is 2. The van der Waals surface area contributed by atoms with Crippen molar-refractivity contribution in [1.82, 2.24) is 10.3 Å². The molecule has 2 amide bonds. The first-order chi connectivity index (χ1) is 14.0. The lowest BCUT2D eigenvalue weighted by atomic mass is 9.49. The highest BCUT2D eigenvalue weighted by Gasteiger charge is 2.51. The fraction of sp³-hybridized carbons (Fsp3) is 0.682. The Labute approximate surface area is 171 Å². The fourth-order valence-corrected chi connectivity index (χ4v) is 6.11. The Kier molecular flexibility index (Phi) is 6.04. The van der Waals surface area contributed by atoms with E-state index < -0.39 is 0 Å². The third kappa shape index (κ3) is 4.89. The molecule has 0 aromatic carbocycles. The van der Waals surface area contributed by atoms with Crippen molar-refractivity contribution >= 4 is 17.5 Å². The van der Waals surface area contributed by atoms with Crippen molar-refractivity contribution < 1.29 is 19.1 Å². The number of hydrogen-bond donors (Lipinski definition) is 2. The number of carbonyl (C=O) groups is 2. The van der Waals surface area contributed by atoms with Crippen molar-refractivity contribution in [2.24, 2.45) is 23.2 Å². The third-order valence-corrected chi connectivity index (χ3v) is 6.72. The number of anilines is 1. The first-order valence-electron chi connectivity index (χ1n) is 10.7. The molecule has 7 nitrogen and oxygen atoms in total. The maximum atomic E-state index is 12.6. The predicted octanol–water partition coefficient (Wildman–Crippen LogP) is 2.77. The Balaban J connectivity index is 1.25. The molecular weight excluding hydrogens is 370 g/mol. The minimum atomic E-state index is -0.284. The summed E-state index contributed by atoms with van der Waals surface area (Å²) in [5.74, 6) is 2.51. The lowest BCUT2D eigenvalue weighted by molar-refractivity contribution is -0.131. The van der Waals surface area contributed by atoms with E-state index in [-0.39, 0.29) is 23.8 Å². The second-order valence-corrected chi connectivity index (χ2v) is 9.12. The van der Waals surface area contributed by atoms with Gasteiger partial charge in [-0.1, -0.05) is 0 Å². The van der Waals surface area contributed by atoms with Gasteiger partial charge in [-0.05, 0) is 73.8 Å². The van der Waals surface area contributed by atoms with Crippen LogP contribution in [0, 0.1) is 23.2 Å². The van der Waals surface area contributed by atoms with Crippen LogP contribution in [-0.2, 0) is 14.3 Å². The van der Waals surface area contributed by atoms with E-state index >= 15 is 0 Å². The fourth-order valence-electron chi connectivity index (χ4n) is 6.11. The van der Waals surface area contributed by atoms with Gasteiger partial charge in [-0.25, -0.2) is 4.98 Å². The number of ether oxygens (including phenoxy) is 2. The van der Waals surface area contributed by atoms with Crippen LogP contribution < -0.4 is 15.4 Å². The molecule has 1 aromatic rings. The molecular formula is C22H31N3O4. The molecule has 5 rings (SSSR count). The van der Waals surface area contributed by atoms with Crippen LogP contribution in [0.4, 0.5) is 5.69 Å². The van der Waals surface area contributed by atoms with E-state index in [0.29, 0.717) is 31.2 Å². The van der Waals surface area contributed by atoms with Crippen LogP contribution in [-0.4, -0.2) is 43.7 Å². The van der Waals surface area contributed by atoms with E-state index in [1.807, 2.05) is 0 Å². The quantitative estimate of drug-likeness (QED) is 0.621. The maximum absolute atomic E-state index is 12.6. The average Bonchev–Trinajstić information content (AvgIpc) is 2.66. The van der Waals surface area contributed by atoms with Gasteiger partial charge >= 0.3 is 0 Å². The Morgan fingerprint density at radius 2 is 1.79 bits per heavy atom. The Hall–Kier alpha value is -2.15. The van der Waals surface area contributed by atoms with Gasteiger partial charge in [0.2, 0.25) is 17.7 Å². The zero-order valence-electron chi connectivity index (χ0n) is 17.1. The summed E-state index contributed by atoms with van der Waals surface area (Å²) in [6, 6.07) is 3.45. The van der Waals surface area contributed by atoms with E-state index in [0.717, 1.165) is 17.8 Å². The molecule has 0 spiro atoms. The highest BCUT2D eigenvalue weighted by atomic mass is 16.5. The van der Waals surface area contributed by atoms with Crippen LogP contribution in [0.2, 0.25) is 0 Å². The summed E-state index contributed by atoms with van der Waals surface area (Å²) in [5.41, 5.74) is 0.671. The number of rotatable bonds is 9. The molecule has 0 atom stereocenters. The van der Waals surface area contributed by atoms with Crippen LogP contribution in [0.15, 0.2) is 18.3 Å². The van der Waals surface area contributed by atoms with Crippen LogP contribution in [0.1, 0.15) is 44.9 Å². The first-order valence-corrected chi connectivity index (χ1v) is 10.7. The van der Waals surface area contributed by atoms with Crippen molar-refractivity contribution in [3.63, 3.8) is 0 Å². The number of pyridine rings is 1. The summed E-state index contributed by atoms with van der Waals surface area (Å²) < 4.78 is 10.5. The lowest BCUT2D eigenvalue weighted by Crippen LogP contribution is -2.48. The number of methoxy groups -OCH3 is 1. The minimum Gasteiger partial charge on any atom is -0.474 e. The molecule has 1 heterocycles. The summed E-state index contributed by atoms with van der Waals surface area (Å²) in [7, 11) is 1.59. The third-order valence-electron chi connectivity index (χ3n) is 6.72. The number of nitrogens with zero attached hydrogens (tertiary/aromatic N) is 1. The molecule has 4 aliphatic carbocycles. The number of hydrogen-bond acceptors (Lipinski definition) is 5. The normalized spacial score (nSPS) is 29.5. The number of amides is 2. The summed E-state index contributed by atoms with van der Waals surface area (Å²) in [6.07, 6.45) is 9.83. The summed E-state index contributed by atoms with van der Waals surface area (Å²) in [6.45, 7) is 0.736. The monoisotopic (exact) mass is 401 g/mol. The van der Waals surface area contributed by atoms with Crippen LogP contribution >= 0.6 is 0 Å². The second-order valence-electron chi connectivity index (χ2n) is 9.12. The van der Waals surface area contributed by atoms with Gasteiger partial charge < -0.3 is 20.1 Å². The topological polar surface area (TPSA) is 89.6 Å². The van der Waals surface area contributed by atoms with Gasteiger partial charge in [0, 0.05) is 19.7 Å². The van der Waals surface area contributed by atoms with Gasteiger partial charge in [0.05, 0.1) is 13.2 Å². The van der Waals surface area contributed by atoms with Crippen molar-refractivity contribution in [1.29, 1.82) is 0 Å². The molecule has 29 heavy (non-hydrogen) atoms. The van der Waals surface area contributed by atoms with Crippen molar-refractivity contribution in [2.75, 3.05) is 32.2 Å². The van der Waals surface area contributed by atoms with Crippen LogP contribution in [0.3, 0.4) is 0 Å². The van der Waals surface area contributed by atoms with Gasteiger partial charge in [-0.3, -0.25) is 9.59 Å². The standard InChI is InChI=1S/C22H31N3O4/c1-28-5-6-29-21-18(3-2-4-23-21)25-20(27)14-24-19(26)13-22-10-15-7-16(11-22)9-17(8-15)12-22/h2-4,15-17H,5-14H2,1H3,(H,24,26)(H,25,27). The SMILES string of the molecule is COCCOc1ncccc1NC(=O)CNC(=O)CC12CC3CC(CC(C3)C1)C2. The first kappa shape index (κ1) is 20.1. The van der Waals surface area contributed by atoms with Gasteiger partial charge in [0.25, 0.3) is 0 Å². The summed E-state index contributed by atoms with van der Waals surface area (Å²) in [4.78, 5) is 29.1. The molecule has 0 radical (unpaired) electrons. The van der Waals surface area contributed by atoms with Crippen LogP contribution in [0.25, 0.3) is 0 Å². The van der Waals surface area contributed by atoms with Crippen molar-refractivity contribution in [3.05, 3.63) is 18.3 Å². The largest absolute Gasteiger partial charge is 0.474 e. The van der Waals surface area contributed by atoms with Gasteiger partial charge in [0.1, 0.15) is 12.3 Å². The molecule has 4 bridgehead atoms. The molecule has 158 valence electrons. The van der Waals surface area contributed by atoms with Gasteiger partial charge in [0.15, 0.2) is 0 Å². The van der Waals surface area contributed by atoms with E-state index in [1.165, 1.54) is 38.5 Å². The smallest absolute Gasteiger partial charge is 0.243 e. The molecule has 4 fully saturated rings. The van der Waals surface area contributed by atoms with Gasteiger partial charge in [-0.2, -0.15) is 0 Å². The van der Waals surface area contributed by atoms with E-state index in [9.17, 15) is 9.59 Å². The Morgan fingerprint density at radius 1 is 1.10 bits per heavy atom. The molecule has 0 saturated heterocycles. The molecule has 0 aliphatic heterocycles. The number of carbonyl (C=O) groups excluding carboxylic acids is 2. The second kappa shape index (κ2) is 8.69. The van der Waals surface area contributed by atoms with Crippen molar-refractivity contribution in [3.8, 4) is 5.88 Å². The zero-order valence-corrected chi connectivity index (χ0v) is 17.1. The highest BCUT2D eigenvalue weighted by Crippen LogP contribution is 2.61. The van der Waals surface area contributed by atoms with E-state index in [4.69, 9.17) is 9.47 Å². The predicted molar refractivity (Wildman–Crippen MR) is 108 cm³/mol. The van der Waals surface area contributed by atoms with E-state index in [2.05, 4.69) is 15.6 Å². The van der Waals surface area contributed by atoms with Crippen molar-refractivity contribution in [2.45, 2.75) is 44.9 Å². The number of aromatic nitrogens is 1.